The minimum absolute atomic E-state index is 0.0837. The molecule has 0 radical (unpaired) electrons. The lowest BCUT2D eigenvalue weighted by molar-refractivity contribution is 0.199. The van der Waals surface area contributed by atoms with Crippen LogP contribution in [0, 0.1) is 6.92 Å². The van der Waals surface area contributed by atoms with Crippen LogP contribution in [0.25, 0.3) is 0 Å². The molecule has 0 unspecified atom stereocenters. The van der Waals surface area contributed by atoms with Gasteiger partial charge in [-0.05, 0) is 31.5 Å². The Balaban J connectivity index is 1.90. The summed E-state index contributed by atoms with van der Waals surface area (Å²) in [7, 11) is -3.39. The summed E-state index contributed by atoms with van der Waals surface area (Å²) >= 11 is 0. The largest absolute Gasteiger partial charge is 0.337 e. The highest BCUT2D eigenvalue weighted by atomic mass is 32.2. The fourth-order valence-electron chi connectivity index (χ4n) is 2.51. The zero-order valence-corrected chi connectivity index (χ0v) is 15.4. The van der Waals surface area contributed by atoms with Crippen molar-refractivity contribution in [2.45, 2.75) is 25.3 Å². The molecule has 0 aliphatic heterocycles. The van der Waals surface area contributed by atoms with Gasteiger partial charge in [-0.2, -0.15) is 0 Å². The average molecular weight is 360 g/mol. The SMILES string of the molecule is CCN(Cc1cccc(C)c1)C(=O)NCCS(=O)(=O)c1ccccc1. The predicted octanol–water partition coefficient (Wildman–Crippen LogP) is 3.00. The number of nitrogens with one attached hydrogen (secondary N) is 1. The van der Waals surface area contributed by atoms with Crippen molar-refractivity contribution in [1.82, 2.24) is 10.2 Å². The number of carbonyl (C=O) groups is 1. The molecule has 0 atom stereocenters. The van der Waals surface area contributed by atoms with Crippen LogP contribution in [0.2, 0.25) is 0 Å². The molecule has 6 heteroatoms. The Morgan fingerprint density at radius 1 is 1.08 bits per heavy atom. The highest BCUT2D eigenvalue weighted by Gasteiger charge is 2.16. The van der Waals surface area contributed by atoms with E-state index in [1.54, 1.807) is 35.2 Å². The van der Waals surface area contributed by atoms with E-state index in [-0.39, 0.29) is 23.2 Å². The molecule has 2 rings (SSSR count). The minimum Gasteiger partial charge on any atom is -0.337 e. The molecule has 134 valence electrons. The molecule has 5 nitrogen and oxygen atoms in total. The lowest BCUT2D eigenvalue weighted by atomic mass is 10.1. The van der Waals surface area contributed by atoms with Crippen LogP contribution in [-0.2, 0) is 16.4 Å². The van der Waals surface area contributed by atoms with Crippen LogP contribution in [-0.4, -0.2) is 38.2 Å². The zero-order valence-electron chi connectivity index (χ0n) is 14.6. The molecule has 0 spiro atoms. The van der Waals surface area contributed by atoms with Gasteiger partial charge >= 0.3 is 6.03 Å². The van der Waals surface area contributed by atoms with Gasteiger partial charge in [-0.15, -0.1) is 0 Å². The number of hydrogen-bond acceptors (Lipinski definition) is 3. The zero-order chi connectivity index (χ0) is 18.3. The summed E-state index contributed by atoms with van der Waals surface area (Å²) in [5.74, 6) is -0.120. The number of benzene rings is 2. The molecule has 2 amide bonds. The van der Waals surface area contributed by atoms with Crippen LogP contribution in [0.4, 0.5) is 4.79 Å². The minimum atomic E-state index is -3.39. The standard InChI is InChI=1S/C19H24N2O3S/c1-3-21(15-17-9-7-8-16(2)14-17)19(22)20-12-13-25(23,24)18-10-5-4-6-11-18/h4-11,14H,3,12-13,15H2,1-2H3,(H,20,22). The highest BCUT2D eigenvalue weighted by molar-refractivity contribution is 7.91. The van der Waals surface area contributed by atoms with Crippen molar-refractivity contribution in [3.63, 3.8) is 0 Å². The fraction of sp³-hybridized carbons (Fsp3) is 0.316. The van der Waals surface area contributed by atoms with Gasteiger partial charge in [0.15, 0.2) is 9.84 Å². The Kier molecular flexibility index (Phi) is 6.58. The molecule has 0 aliphatic carbocycles. The van der Waals surface area contributed by atoms with Gasteiger partial charge in [-0.3, -0.25) is 0 Å². The molecular formula is C19H24N2O3S. The molecule has 0 aliphatic rings. The number of carbonyl (C=O) groups excluding carboxylic acids is 1. The van der Waals surface area contributed by atoms with Gasteiger partial charge < -0.3 is 10.2 Å². The summed E-state index contributed by atoms with van der Waals surface area (Å²) in [6.45, 7) is 5.03. The van der Waals surface area contributed by atoms with E-state index < -0.39 is 9.84 Å². The maximum Gasteiger partial charge on any atom is 0.317 e. The van der Waals surface area contributed by atoms with Crippen molar-refractivity contribution < 1.29 is 13.2 Å². The Labute approximate surface area is 149 Å². The van der Waals surface area contributed by atoms with E-state index in [1.165, 1.54) is 0 Å². The number of urea groups is 1. The average Bonchev–Trinajstić information content (AvgIpc) is 2.60. The van der Waals surface area contributed by atoms with Gasteiger partial charge in [-0.1, -0.05) is 48.0 Å². The molecule has 25 heavy (non-hydrogen) atoms. The normalized spacial score (nSPS) is 11.1. The summed E-state index contributed by atoms with van der Waals surface area (Å²) in [5, 5.41) is 2.70. The van der Waals surface area contributed by atoms with Gasteiger partial charge in [0.2, 0.25) is 0 Å². The van der Waals surface area contributed by atoms with Crippen molar-refractivity contribution in [2.24, 2.45) is 0 Å². The first-order valence-electron chi connectivity index (χ1n) is 8.28. The van der Waals surface area contributed by atoms with Crippen LogP contribution in [0.15, 0.2) is 59.5 Å². The fourth-order valence-corrected chi connectivity index (χ4v) is 3.69. The van der Waals surface area contributed by atoms with Gasteiger partial charge in [0.25, 0.3) is 0 Å². The first-order valence-corrected chi connectivity index (χ1v) is 9.93. The van der Waals surface area contributed by atoms with E-state index in [4.69, 9.17) is 0 Å². The van der Waals surface area contributed by atoms with E-state index in [9.17, 15) is 13.2 Å². The van der Waals surface area contributed by atoms with E-state index in [0.29, 0.717) is 13.1 Å². The first kappa shape index (κ1) is 19.0. The summed E-state index contributed by atoms with van der Waals surface area (Å²) in [5.41, 5.74) is 2.19. The second-order valence-corrected chi connectivity index (χ2v) is 7.98. The summed E-state index contributed by atoms with van der Waals surface area (Å²) in [6, 6.07) is 16.0. The second kappa shape index (κ2) is 8.67. The maximum atomic E-state index is 12.3. The smallest absolute Gasteiger partial charge is 0.317 e. The number of rotatable bonds is 7. The van der Waals surface area contributed by atoms with Crippen LogP contribution in [0.5, 0.6) is 0 Å². The molecular weight excluding hydrogens is 336 g/mol. The monoisotopic (exact) mass is 360 g/mol. The topological polar surface area (TPSA) is 66.5 Å². The van der Waals surface area contributed by atoms with Crippen LogP contribution >= 0.6 is 0 Å². The molecule has 0 saturated carbocycles. The lowest BCUT2D eigenvalue weighted by Crippen LogP contribution is -2.41. The summed E-state index contributed by atoms with van der Waals surface area (Å²) < 4.78 is 24.4. The number of aryl methyl sites for hydroxylation is 1. The van der Waals surface area contributed by atoms with Crippen LogP contribution in [0.1, 0.15) is 18.1 Å². The van der Waals surface area contributed by atoms with Crippen molar-refractivity contribution in [1.29, 1.82) is 0 Å². The van der Waals surface area contributed by atoms with E-state index >= 15 is 0 Å². The van der Waals surface area contributed by atoms with Gasteiger partial charge in [0.1, 0.15) is 0 Å². The quantitative estimate of drug-likeness (QED) is 0.825. The molecule has 1 N–H and O–H groups in total. The molecule has 0 saturated heterocycles. The number of sulfone groups is 1. The van der Waals surface area contributed by atoms with E-state index in [0.717, 1.165) is 11.1 Å². The maximum absolute atomic E-state index is 12.3. The van der Waals surface area contributed by atoms with E-state index in [1.807, 2.05) is 38.1 Å². The van der Waals surface area contributed by atoms with Crippen molar-refractivity contribution >= 4 is 15.9 Å². The van der Waals surface area contributed by atoms with Crippen LogP contribution < -0.4 is 5.32 Å². The van der Waals surface area contributed by atoms with Gasteiger partial charge in [0, 0.05) is 19.6 Å². The predicted molar refractivity (Wildman–Crippen MR) is 99.2 cm³/mol. The molecule has 0 aromatic heterocycles. The van der Waals surface area contributed by atoms with Gasteiger partial charge in [0.05, 0.1) is 10.6 Å². The lowest BCUT2D eigenvalue weighted by Gasteiger charge is -2.21. The van der Waals surface area contributed by atoms with Crippen molar-refractivity contribution in [2.75, 3.05) is 18.8 Å². The third kappa shape index (κ3) is 5.60. The Bertz CT molecular complexity index is 804. The summed E-state index contributed by atoms with van der Waals surface area (Å²) in [4.78, 5) is 14.2. The number of amides is 2. The molecule has 0 bridgehead atoms. The molecule has 0 fully saturated rings. The summed E-state index contributed by atoms with van der Waals surface area (Å²) in [6.07, 6.45) is 0. The van der Waals surface area contributed by atoms with E-state index in [2.05, 4.69) is 5.32 Å². The molecule has 2 aromatic rings. The number of nitrogens with zero attached hydrogens (tertiary/aromatic N) is 1. The first-order chi connectivity index (χ1) is 11.9. The van der Waals surface area contributed by atoms with Gasteiger partial charge in [-0.25, -0.2) is 13.2 Å². The third-order valence-corrected chi connectivity index (χ3v) is 5.61. The third-order valence-electron chi connectivity index (χ3n) is 3.87. The Hall–Kier alpha value is -2.34. The Morgan fingerprint density at radius 2 is 1.80 bits per heavy atom. The van der Waals surface area contributed by atoms with Crippen molar-refractivity contribution in [3.05, 3.63) is 65.7 Å². The molecule has 2 aromatic carbocycles. The Morgan fingerprint density at radius 3 is 2.44 bits per heavy atom. The number of hydrogen-bond donors (Lipinski definition) is 1. The van der Waals surface area contributed by atoms with Crippen LogP contribution in [0.3, 0.4) is 0 Å². The molecule has 0 heterocycles. The highest BCUT2D eigenvalue weighted by Crippen LogP contribution is 2.10. The second-order valence-electron chi connectivity index (χ2n) is 5.87. The van der Waals surface area contributed by atoms with Crippen molar-refractivity contribution in [3.8, 4) is 0 Å².